The third-order valence-electron chi connectivity index (χ3n) is 3.15. The van der Waals surface area contributed by atoms with Crippen LogP contribution in [0.2, 0.25) is 0 Å². The number of carbonyl (C=O) groups is 1. The van der Waals surface area contributed by atoms with Gasteiger partial charge >= 0.3 is 0 Å². The number of ketones is 1. The first-order valence-electron chi connectivity index (χ1n) is 6.06. The SMILES string of the molecule is Cc1cccc2cc(C(=O)c3c(F)cccc3Br)oc12. The van der Waals surface area contributed by atoms with Crippen LogP contribution in [-0.4, -0.2) is 5.78 Å². The van der Waals surface area contributed by atoms with E-state index in [1.54, 1.807) is 18.2 Å². The van der Waals surface area contributed by atoms with Crippen molar-refractivity contribution < 1.29 is 13.6 Å². The molecule has 0 aliphatic heterocycles. The zero-order valence-corrected chi connectivity index (χ0v) is 12.2. The first-order valence-corrected chi connectivity index (χ1v) is 6.85. The van der Waals surface area contributed by atoms with Crippen molar-refractivity contribution in [2.45, 2.75) is 6.92 Å². The normalized spacial score (nSPS) is 10.9. The van der Waals surface area contributed by atoms with Gasteiger partial charge in [0.1, 0.15) is 11.4 Å². The van der Waals surface area contributed by atoms with Crippen LogP contribution in [0.15, 0.2) is 51.4 Å². The average Bonchev–Trinajstić information content (AvgIpc) is 2.84. The van der Waals surface area contributed by atoms with Crippen LogP contribution in [-0.2, 0) is 0 Å². The van der Waals surface area contributed by atoms with Crippen LogP contribution in [0.25, 0.3) is 11.0 Å². The Bertz CT molecular complexity index is 800. The number of benzene rings is 2. The van der Waals surface area contributed by atoms with Gasteiger partial charge < -0.3 is 4.42 Å². The van der Waals surface area contributed by atoms with E-state index in [0.717, 1.165) is 10.9 Å². The number of hydrogen-bond acceptors (Lipinski definition) is 2. The Morgan fingerprint density at radius 1 is 1.20 bits per heavy atom. The summed E-state index contributed by atoms with van der Waals surface area (Å²) < 4.78 is 19.8. The molecule has 3 rings (SSSR count). The smallest absolute Gasteiger partial charge is 0.232 e. The molecule has 20 heavy (non-hydrogen) atoms. The summed E-state index contributed by atoms with van der Waals surface area (Å²) in [6.07, 6.45) is 0. The molecule has 2 nitrogen and oxygen atoms in total. The lowest BCUT2D eigenvalue weighted by atomic mass is 10.1. The number of halogens is 2. The molecule has 1 heterocycles. The van der Waals surface area contributed by atoms with Gasteiger partial charge in [-0.25, -0.2) is 4.39 Å². The molecule has 0 unspecified atom stereocenters. The molecule has 0 radical (unpaired) electrons. The Morgan fingerprint density at radius 3 is 2.65 bits per heavy atom. The molecule has 1 aromatic heterocycles. The fourth-order valence-electron chi connectivity index (χ4n) is 2.16. The summed E-state index contributed by atoms with van der Waals surface area (Å²) in [5.41, 5.74) is 1.58. The molecule has 0 aliphatic rings. The molecule has 0 fully saturated rings. The molecular formula is C16H10BrFO2. The largest absolute Gasteiger partial charge is 0.452 e. The maximum Gasteiger partial charge on any atom is 0.232 e. The number of hydrogen-bond donors (Lipinski definition) is 0. The van der Waals surface area contributed by atoms with E-state index in [2.05, 4.69) is 15.9 Å². The van der Waals surface area contributed by atoms with Gasteiger partial charge in [0, 0.05) is 9.86 Å². The van der Waals surface area contributed by atoms with E-state index in [1.807, 2.05) is 25.1 Å². The van der Waals surface area contributed by atoms with E-state index in [1.165, 1.54) is 6.07 Å². The zero-order valence-electron chi connectivity index (χ0n) is 10.6. The predicted octanol–water partition coefficient (Wildman–Crippen LogP) is 4.87. The van der Waals surface area contributed by atoms with Gasteiger partial charge in [-0.2, -0.15) is 0 Å². The average molecular weight is 333 g/mol. The maximum absolute atomic E-state index is 13.8. The van der Waals surface area contributed by atoms with E-state index in [0.29, 0.717) is 10.1 Å². The fraction of sp³-hybridized carbons (Fsp3) is 0.0625. The molecule has 0 atom stereocenters. The molecule has 100 valence electrons. The van der Waals surface area contributed by atoms with Crippen molar-refractivity contribution in [1.29, 1.82) is 0 Å². The quantitative estimate of drug-likeness (QED) is 0.626. The van der Waals surface area contributed by atoms with Crippen LogP contribution < -0.4 is 0 Å². The Balaban J connectivity index is 2.16. The number of aryl methyl sites for hydroxylation is 1. The summed E-state index contributed by atoms with van der Waals surface area (Å²) in [7, 11) is 0. The number of carbonyl (C=O) groups excluding carboxylic acids is 1. The highest BCUT2D eigenvalue weighted by Crippen LogP contribution is 2.27. The summed E-state index contributed by atoms with van der Waals surface area (Å²) in [5.74, 6) is -0.896. The summed E-state index contributed by atoms with van der Waals surface area (Å²) in [6, 6.07) is 11.7. The van der Waals surface area contributed by atoms with Gasteiger partial charge in [-0.3, -0.25) is 4.79 Å². The van der Waals surface area contributed by atoms with Crippen LogP contribution in [0.3, 0.4) is 0 Å². The van der Waals surface area contributed by atoms with E-state index in [-0.39, 0.29) is 11.3 Å². The summed E-state index contributed by atoms with van der Waals surface area (Å²) in [4.78, 5) is 12.4. The van der Waals surface area contributed by atoms with Gasteiger partial charge in [0.05, 0.1) is 5.56 Å². The van der Waals surface area contributed by atoms with Gasteiger partial charge in [-0.1, -0.05) is 24.3 Å². The standard InChI is InChI=1S/C16H10BrFO2/c1-9-4-2-5-10-8-13(20-16(9)10)15(19)14-11(17)6-3-7-12(14)18/h2-8H,1H3. The number of rotatable bonds is 2. The van der Waals surface area contributed by atoms with Crippen LogP contribution in [0.1, 0.15) is 21.7 Å². The molecule has 0 amide bonds. The molecule has 0 N–H and O–H groups in total. The Hall–Kier alpha value is -1.94. The van der Waals surface area contributed by atoms with Crippen LogP contribution >= 0.6 is 15.9 Å². The molecule has 0 bridgehead atoms. The van der Waals surface area contributed by atoms with Crippen LogP contribution in [0.4, 0.5) is 4.39 Å². The molecule has 0 spiro atoms. The van der Waals surface area contributed by atoms with E-state index in [4.69, 9.17) is 4.42 Å². The summed E-state index contributed by atoms with van der Waals surface area (Å²) >= 11 is 3.20. The molecule has 3 aromatic rings. The molecular weight excluding hydrogens is 323 g/mol. The second-order valence-corrected chi connectivity index (χ2v) is 5.38. The minimum atomic E-state index is -0.568. The first kappa shape index (κ1) is 13.1. The van der Waals surface area contributed by atoms with E-state index < -0.39 is 11.6 Å². The highest BCUT2D eigenvalue weighted by molar-refractivity contribution is 9.10. The number of furan rings is 1. The zero-order chi connectivity index (χ0) is 14.3. The van der Waals surface area contributed by atoms with Gasteiger partial charge in [0.2, 0.25) is 5.78 Å². The molecule has 2 aromatic carbocycles. The highest BCUT2D eigenvalue weighted by atomic mass is 79.9. The van der Waals surface area contributed by atoms with Gasteiger partial charge in [-0.05, 0) is 46.6 Å². The van der Waals surface area contributed by atoms with Gasteiger partial charge in [0.25, 0.3) is 0 Å². The van der Waals surface area contributed by atoms with Crippen LogP contribution in [0, 0.1) is 12.7 Å². The second kappa shape index (κ2) is 4.87. The maximum atomic E-state index is 13.8. The topological polar surface area (TPSA) is 30.2 Å². The van der Waals surface area contributed by atoms with Crippen molar-refractivity contribution in [3.05, 3.63) is 69.6 Å². The molecule has 0 saturated carbocycles. The summed E-state index contributed by atoms with van der Waals surface area (Å²) in [6.45, 7) is 1.90. The molecule has 0 saturated heterocycles. The van der Waals surface area contributed by atoms with Crippen molar-refractivity contribution in [2.24, 2.45) is 0 Å². The molecule has 4 heteroatoms. The Labute approximate surface area is 123 Å². The minimum Gasteiger partial charge on any atom is -0.452 e. The lowest BCUT2D eigenvalue weighted by molar-refractivity contribution is 0.101. The lowest BCUT2D eigenvalue weighted by Gasteiger charge is -2.02. The monoisotopic (exact) mass is 332 g/mol. The number of para-hydroxylation sites is 1. The highest BCUT2D eigenvalue weighted by Gasteiger charge is 2.21. The first-order chi connectivity index (χ1) is 9.58. The Kier molecular flexibility index (Phi) is 3.18. The van der Waals surface area contributed by atoms with Crippen molar-refractivity contribution in [3.8, 4) is 0 Å². The second-order valence-electron chi connectivity index (χ2n) is 4.53. The van der Waals surface area contributed by atoms with Crippen molar-refractivity contribution >= 4 is 32.7 Å². The van der Waals surface area contributed by atoms with Gasteiger partial charge in [0.15, 0.2) is 5.76 Å². The van der Waals surface area contributed by atoms with Crippen molar-refractivity contribution in [2.75, 3.05) is 0 Å². The third-order valence-corrected chi connectivity index (χ3v) is 3.82. The molecule has 0 aliphatic carbocycles. The van der Waals surface area contributed by atoms with Crippen LogP contribution in [0.5, 0.6) is 0 Å². The minimum absolute atomic E-state index is 0.00999. The predicted molar refractivity (Wildman–Crippen MR) is 78.5 cm³/mol. The number of fused-ring (bicyclic) bond motifs is 1. The summed E-state index contributed by atoms with van der Waals surface area (Å²) in [5, 5.41) is 0.834. The van der Waals surface area contributed by atoms with Crippen molar-refractivity contribution in [1.82, 2.24) is 0 Å². The van der Waals surface area contributed by atoms with E-state index in [9.17, 15) is 9.18 Å². The lowest BCUT2D eigenvalue weighted by Crippen LogP contribution is -2.04. The Morgan fingerprint density at radius 2 is 1.95 bits per heavy atom. The van der Waals surface area contributed by atoms with Gasteiger partial charge in [-0.15, -0.1) is 0 Å². The van der Waals surface area contributed by atoms with E-state index >= 15 is 0 Å². The third kappa shape index (κ3) is 2.06. The fourth-order valence-corrected chi connectivity index (χ4v) is 2.68. The van der Waals surface area contributed by atoms with Crippen molar-refractivity contribution in [3.63, 3.8) is 0 Å².